The van der Waals surface area contributed by atoms with E-state index in [1.807, 2.05) is 23.3 Å². The highest BCUT2D eigenvalue weighted by Crippen LogP contribution is 2.40. The summed E-state index contributed by atoms with van der Waals surface area (Å²) in [7, 11) is 4.17. The third kappa shape index (κ3) is 3.55. The van der Waals surface area contributed by atoms with E-state index >= 15 is 0 Å². The highest BCUT2D eigenvalue weighted by atomic mass is 32.1. The molecule has 24 heavy (non-hydrogen) atoms. The molecule has 0 bridgehead atoms. The average Bonchev–Trinajstić information content (AvgIpc) is 2.96. The summed E-state index contributed by atoms with van der Waals surface area (Å²) in [5.74, 6) is 0.981. The van der Waals surface area contributed by atoms with Crippen molar-refractivity contribution in [1.82, 2.24) is 9.80 Å². The number of thiophene rings is 1. The van der Waals surface area contributed by atoms with E-state index in [9.17, 15) is 4.79 Å². The maximum atomic E-state index is 13.1. The Bertz CT molecular complexity index is 593. The van der Waals surface area contributed by atoms with Crippen LogP contribution in [-0.4, -0.2) is 48.9 Å². The number of hydrogen-bond acceptors (Lipinski definition) is 3. The van der Waals surface area contributed by atoms with Crippen LogP contribution in [0.4, 0.5) is 0 Å². The number of piperidine rings is 1. The third-order valence-corrected chi connectivity index (χ3v) is 7.22. The summed E-state index contributed by atoms with van der Waals surface area (Å²) in [6.45, 7) is 9.22. The molecule has 1 saturated heterocycles. The zero-order valence-electron chi connectivity index (χ0n) is 15.9. The van der Waals surface area contributed by atoms with Gasteiger partial charge < -0.3 is 9.80 Å². The molecule has 3 nitrogen and oxygen atoms in total. The minimum Gasteiger partial charge on any atom is -0.339 e. The maximum absolute atomic E-state index is 13.1. The van der Waals surface area contributed by atoms with E-state index in [1.165, 1.54) is 16.9 Å². The molecule has 1 unspecified atom stereocenters. The molecule has 4 heteroatoms. The first-order valence-electron chi connectivity index (χ1n) is 9.32. The summed E-state index contributed by atoms with van der Waals surface area (Å²) < 4.78 is 0. The maximum Gasteiger partial charge on any atom is 0.254 e. The second kappa shape index (κ2) is 6.80. The van der Waals surface area contributed by atoms with Gasteiger partial charge in [0, 0.05) is 23.3 Å². The van der Waals surface area contributed by atoms with Crippen molar-refractivity contribution in [2.75, 3.05) is 27.2 Å². The van der Waals surface area contributed by atoms with Crippen LogP contribution in [0.3, 0.4) is 0 Å². The third-order valence-electron chi connectivity index (χ3n) is 6.17. The van der Waals surface area contributed by atoms with Gasteiger partial charge in [-0.1, -0.05) is 20.8 Å². The Morgan fingerprint density at radius 1 is 1.25 bits per heavy atom. The molecule has 0 spiro atoms. The van der Waals surface area contributed by atoms with Crippen molar-refractivity contribution in [2.45, 2.75) is 58.9 Å². The van der Waals surface area contributed by atoms with Gasteiger partial charge in [0.1, 0.15) is 0 Å². The molecule has 2 heterocycles. The van der Waals surface area contributed by atoms with Gasteiger partial charge in [-0.05, 0) is 69.1 Å². The van der Waals surface area contributed by atoms with Crippen molar-refractivity contribution in [1.29, 1.82) is 0 Å². The van der Waals surface area contributed by atoms with Crippen LogP contribution >= 0.6 is 11.3 Å². The lowest BCUT2D eigenvalue weighted by Gasteiger charge is -2.36. The summed E-state index contributed by atoms with van der Waals surface area (Å²) in [6.07, 6.45) is 5.62. The summed E-state index contributed by atoms with van der Waals surface area (Å²) >= 11 is 1.81. The van der Waals surface area contributed by atoms with Crippen LogP contribution in [0.2, 0.25) is 0 Å². The molecule has 2 aliphatic rings. The van der Waals surface area contributed by atoms with Crippen molar-refractivity contribution in [2.24, 2.45) is 11.3 Å². The summed E-state index contributed by atoms with van der Waals surface area (Å²) in [5.41, 5.74) is 2.70. The second-order valence-electron chi connectivity index (χ2n) is 8.81. The molecule has 0 radical (unpaired) electrons. The van der Waals surface area contributed by atoms with Crippen LogP contribution in [0.15, 0.2) is 5.38 Å². The normalized spacial score (nSPS) is 23.1. The molecular weight excluding hydrogens is 316 g/mol. The molecule has 1 amide bonds. The Hall–Kier alpha value is -0.870. The Morgan fingerprint density at radius 2 is 1.92 bits per heavy atom. The highest BCUT2D eigenvalue weighted by Gasteiger charge is 2.33. The smallest absolute Gasteiger partial charge is 0.254 e. The van der Waals surface area contributed by atoms with E-state index in [4.69, 9.17) is 0 Å². The predicted octanol–water partition coefficient (Wildman–Crippen LogP) is 4.07. The molecule has 1 fully saturated rings. The van der Waals surface area contributed by atoms with Gasteiger partial charge in [0.15, 0.2) is 0 Å². The van der Waals surface area contributed by atoms with Crippen molar-refractivity contribution >= 4 is 17.2 Å². The predicted molar refractivity (Wildman–Crippen MR) is 102 cm³/mol. The van der Waals surface area contributed by atoms with Gasteiger partial charge in [-0.3, -0.25) is 4.79 Å². The second-order valence-corrected chi connectivity index (χ2v) is 9.77. The number of likely N-dealkylation sites (tertiary alicyclic amines) is 1. The van der Waals surface area contributed by atoms with Gasteiger partial charge >= 0.3 is 0 Å². The lowest BCUT2D eigenvalue weighted by atomic mass is 9.72. The first-order valence-corrected chi connectivity index (χ1v) is 10.2. The number of amides is 1. The molecular formula is C20H32N2OS. The van der Waals surface area contributed by atoms with Gasteiger partial charge in [0.05, 0.1) is 5.56 Å². The highest BCUT2D eigenvalue weighted by molar-refractivity contribution is 7.10. The molecule has 1 aromatic heterocycles. The summed E-state index contributed by atoms with van der Waals surface area (Å²) in [6, 6.07) is 0.398. The van der Waals surface area contributed by atoms with Crippen molar-refractivity contribution in [3.63, 3.8) is 0 Å². The number of rotatable bonds is 2. The van der Waals surface area contributed by atoms with E-state index < -0.39 is 0 Å². The Labute approximate surface area is 151 Å². The van der Waals surface area contributed by atoms with Gasteiger partial charge in [-0.2, -0.15) is 0 Å². The van der Waals surface area contributed by atoms with E-state index in [2.05, 4.69) is 38.1 Å². The molecule has 0 N–H and O–H groups in total. The SMILES string of the molecule is CN1CCC(N(C)C(=O)c2csc3c2CCC(C(C)(C)C)C3)CC1. The van der Waals surface area contributed by atoms with Gasteiger partial charge in [0.2, 0.25) is 0 Å². The first-order chi connectivity index (χ1) is 11.3. The van der Waals surface area contributed by atoms with Crippen molar-refractivity contribution in [3.8, 4) is 0 Å². The van der Waals surface area contributed by atoms with Crippen molar-refractivity contribution < 1.29 is 4.79 Å². The molecule has 1 atom stereocenters. The van der Waals surface area contributed by atoms with Crippen LogP contribution < -0.4 is 0 Å². The largest absolute Gasteiger partial charge is 0.339 e. The minimum atomic E-state index is 0.247. The molecule has 1 aliphatic heterocycles. The Balaban J connectivity index is 1.72. The lowest BCUT2D eigenvalue weighted by Crippen LogP contribution is -2.44. The fraction of sp³-hybridized carbons (Fsp3) is 0.750. The van der Waals surface area contributed by atoms with E-state index in [1.54, 1.807) is 0 Å². The molecule has 1 aliphatic carbocycles. The number of fused-ring (bicyclic) bond motifs is 1. The van der Waals surface area contributed by atoms with Crippen LogP contribution in [0.25, 0.3) is 0 Å². The van der Waals surface area contributed by atoms with Crippen LogP contribution in [0.1, 0.15) is 60.8 Å². The fourth-order valence-corrected chi connectivity index (χ4v) is 5.32. The summed E-state index contributed by atoms with van der Waals surface area (Å²) in [4.78, 5) is 18.9. The lowest BCUT2D eigenvalue weighted by molar-refractivity contribution is 0.0658. The van der Waals surface area contributed by atoms with E-state index in [0.717, 1.165) is 50.3 Å². The van der Waals surface area contributed by atoms with Crippen LogP contribution in [-0.2, 0) is 12.8 Å². The zero-order chi connectivity index (χ0) is 17.5. The van der Waals surface area contributed by atoms with Crippen LogP contribution in [0.5, 0.6) is 0 Å². The van der Waals surface area contributed by atoms with Gasteiger partial charge in [-0.25, -0.2) is 0 Å². The quantitative estimate of drug-likeness (QED) is 0.804. The Morgan fingerprint density at radius 3 is 2.54 bits per heavy atom. The van der Waals surface area contributed by atoms with Gasteiger partial charge in [0.25, 0.3) is 5.91 Å². The van der Waals surface area contributed by atoms with Crippen LogP contribution in [0, 0.1) is 11.3 Å². The molecule has 134 valence electrons. The standard InChI is InChI=1S/C20H32N2OS/c1-20(2,3)14-6-7-16-17(13-24-18(16)12-14)19(23)22(5)15-8-10-21(4)11-9-15/h13-15H,6-12H2,1-5H3. The Kier molecular flexibility index (Phi) is 5.08. The van der Waals surface area contributed by atoms with E-state index in [0.29, 0.717) is 11.5 Å². The molecule has 1 aromatic rings. The van der Waals surface area contributed by atoms with Crippen molar-refractivity contribution in [3.05, 3.63) is 21.4 Å². The zero-order valence-corrected chi connectivity index (χ0v) is 16.7. The average molecular weight is 349 g/mol. The summed E-state index contributed by atoms with van der Waals surface area (Å²) in [5, 5.41) is 2.13. The monoisotopic (exact) mass is 348 g/mol. The molecule has 0 saturated carbocycles. The number of carbonyl (C=O) groups is 1. The topological polar surface area (TPSA) is 23.6 Å². The molecule has 0 aromatic carbocycles. The first kappa shape index (κ1) is 17.9. The van der Waals surface area contributed by atoms with E-state index in [-0.39, 0.29) is 5.91 Å². The fourth-order valence-electron chi connectivity index (χ4n) is 4.17. The number of hydrogen-bond donors (Lipinski definition) is 0. The number of carbonyl (C=O) groups excluding carboxylic acids is 1. The van der Waals surface area contributed by atoms with Gasteiger partial charge in [-0.15, -0.1) is 11.3 Å². The number of nitrogens with zero attached hydrogens (tertiary/aromatic N) is 2. The molecule has 3 rings (SSSR count). The minimum absolute atomic E-state index is 0.247.